The minimum atomic E-state index is -1.43. The first-order valence-corrected chi connectivity index (χ1v) is 13.8. The standard InChI is InChI=1S/C29H30ClN5O5/c30-17-23-19-39-29(40-23)24-8-4-5-9-26(24)34(28(29)36)20-32-12-14-33(15-13-32)22-10-11-27(35(37)38)25(16-22)31-18-21-6-2-1-3-7-21/h1-11,16,23,31H,12-15,17-20H2/t23-,29-/m0/s1. The van der Waals surface area contributed by atoms with E-state index in [0.29, 0.717) is 50.6 Å². The van der Waals surface area contributed by atoms with Crippen LogP contribution in [0, 0.1) is 10.1 Å². The predicted molar refractivity (Wildman–Crippen MR) is 153 cm³/mol. The molecule has 0 aliphatic carbocycles. The highest BCUT2D eigenvalue weighted by atomic mass is 35.5. The van der Waals surface area contributed by atoms with Gasteiger partial charge in [0.25, 0.3) is 17.4 Å². The number of hydrogen-bond donors (Lipinski definition) is 1. The van der Waals surface area contributed by atoms with Gasteiger partial charge in [-0.1, -0.05) is 48.5 Å². The van der Waals surface area contributed by atoms with E-state index in [1.54, 1.807) is 17.0 Å². The number of nitro benzene ring substituents is 1. The Morgan fingerprint density at radius 2 is 1.77 bits per heavy atom. The number of halogens is 1. The molecule has 11 heteroatoms. The Balaban J connectivity index is 1.13. The number of nitro groups is 1. The predicted octanol–water partition coefficient (Wildman–Crippen LogP) is 4.14. The zero-order valence-electron chi connectivity index (χ0n) is 21.9. The molecule has 1 amide bonds. The third kappa shape index (κ3) is 4.88. The van der Waals surface area contributed by atoms with Gasteiger partial charge in [-0.3, -0.25) is 24.7 Å². The van der Waals surface area contributed by atoms with Crippen LogP contribution >= 0.6 is 11.6 Å². The monoisotopic (exact) mass is 563 g/mol. The van der Waals surface area contributed by atoms with E-state index < -0.39 is 5.79 Å². The number of nitrogens with zero attached hydrogens (tertiary/aromatic N) is 4. The molecule has 208 valence electrons. The minimum absolute atomic E-state index is 0.0474. The highest BCUT2D eigenvalue weighted by Crippen LogP contribution is 2.47. The van der Waals surface area contributed by atoms with Gasteiger partial charge in [-0.05, 0) is 23.8 Å². The second kappa shape index (κ2) is 11.1. The van der Waals surface area contributed by atoms with E-state index in [1.807, 2.05) is 60.7 Å². The molecule has 3 aromatic carbocycles. The largest absolute Gasteiger partial charge is 0.375 e. The van der Waals surface area contributed by atoms with Crippen molar-refractivity contribution in [2.45, 2.75) is 18.4 Å². The summed E-state index contributed by atoms with van der Waals surface area (Å²) in [5.41, 5.74) is 4.00. The fourth-order valence-corrected chi connectivity index (χ4v) is 5.69. The summed E-state index contributed by atoms with van der Waals surface area (Å²) in [4.78, 5) is 31.1. The minimum Gasteiger partial charge on any atom is -0.375 e. The third-order valence-electron chi connectivity index (χ3n) is 7.63. The third-order valence-corrected chi connectivity index (χ3v) is 7.98. The first-order chi connectivity index (χ1) is 19.5. The van der Waals surface area contributed by atoms with Crippen LogP contribution in [0.25, 0.3) is 0 Å². The zero-order chi connectivity index (χ0) is 27.7. The molecule has 0 saturated carbocycles. The van der Waals surface area contributed by atoms with Gasteiger partial charge >= 0.3 is 0 Å². The summed E-state index contributed by atoms with van der Waals surface area (Å²) in [6.45, 7) is 4.04. The lowest BCUT2D eigenvalue weighted by atomic mass is 10.1. The van der Waals surface area contributed by atoms with Crippen molar-refractivity contribution in [2.24, 2.45) is 0 Å². The number of fused-ring (bicyclic) bond motifs is 2. The van der Waals surface area contributed by atoms with E-state index in [-0.39, 0.29) is 35.1 Å². The number of hydrogen-bond acceptors (Lipinski definition) is 8. The molecule has 3 aliphatic rings. The molecule has 0 bridgehead atoms. The Kier molecular flexibility index (Phi) is 7.33. The summed E-state index contributed by atoms with van der Waals surface area (Å²) in [5.74, 6) is -1.40. The van der Waals surface area contributed by atoms with Gasteiger partial charge in [0.15, 0.2) is 0 Å². The van der Waals surface area contributed by atoms with Gasteiger partial charge < -0.3 is 19.7 Å². The number of rotatable bonds is 8. The molecule has 3 aliphatic heterocycles. The number of amides is 1. The van der Waals surface area contributed by atoms with Gasteiger partial charge in [-0.25, -0.2) is 0 Å². The Morgan fingerprint density at radius 1 is 1.02 bits per heavy atom. The van der Waals surface area contributed by atoms with Crippen molar-refractivity contribution in [2.75, 3.05) is 60.5 Å². The second-order valence-corrected chi connectivity index (χ2v) is 10.4. The van der Waals surface area contributed by atoms with E-state index in [0.717, 1.165) is 16.9 Å². The molecule has 10 nitrogen and oxygen atoms in total. The number of alkyl halides is 1. The molecule has 3 heterocycles. The van der Waals surface area contributed by atoms with Crippen LogP contribution in [0.2, 0.25) is 0 Å². The first-order valence-electron chi connectivity index (χ1n) is 13.3. The molecule has 0 radical (unpaired) electrons. The Morgan fingerprint density at radius 3 is 2.50 bits per heavy atom. The Labute approximate surface area is 237 Å². The Bertz CT molecular complexity index is 1400. The maximum Gasteiger partial charge on any atom is 0.293 e. The van der Waals surface area contributed by atoms with Crippen molar-refractivity contribution in [1.29, 1.82) is 0 Å². The SMILES string of the molecule is O=C1N(CN2CCN(c3ccc([N+](=O)[O-])c(NCc4ccccc4)c3)CC2)c2ccccc2[C@@]12OC[C@H](CCl)O2. The van der Waals surface area contributed by atoms with E-state index >= 15 is 0 Å². The summed E-state index contributed by atoms with van der Waals surface area (Å²) >= 11 is 6.00. The number of para-hydroxylation sites is 1. The van der Waals surface area contributed by atoms with Gasteiger partial charge in [-0.15, -0.1) is 11.6 Å². The average molecular weight is 564 g/mol. The van der Waals surface area contributed by atoms with Gasteiger partial charge in [0.05, 0.1) is 35.9 Å². The molecule has 1 N–H and O–H groups in total. The van der Waals surface area contributed by atoms with Crippen LogP contribution in [0.15, 0.2) is 72.8 Å². The van der Waals surface area contributed by atoms with E-state index in [4.69, 9.17) is 21.1 Å². The number of piperazine rings is 1. The van der Waals surface area contributed by atoms with Crippen LogP contribution in [-0.4, -0.2) is 67.2 Å². The van der Waals surface area contributed by atoms with Crippen molar-refractivity contribution in [3.8, 4) is 0 Å². The van der Waals surface area contributed by atoms with Crippen molar-refractivity contribution in [3.05, 3.63) is 94.0 Å². The summed E-state index contributed by atoms with van der Waals surface area (Å²) in [5, 5.41) is 14.9. The lowest BCUT2D eigenvalue weighted by Crippen LogP contribution is -2.52. The van der Waals surface area contributed by atoms with Gasteiger partial charge in [0, 0.05) is 50.0 Å². The van der Waals surface area contributed by atoms with Crippen molar-refractivity contribution in [3.63, 3.8) is 0 Å². The highest BCUT2D eigenvalue weighted by molar-refractivity contribution is 6.18. The maximum absolute atomic E-state index is 13.6. The number of carbonyl (C=O) groups is 1. The molecular weight excluding hydrogens is 534 g/mol. The molecule has 2 saturated heterocycles. The molecule has 2 fully saturated rings. The fraction of sp³-hybridized carbons (Fsp3) is 0.345. The van der Waals surface area contributed by atoms with Crippen LogP contribution in [-0.2, 0) is 26.6 Å². The Hall–Kier alpha value is -3.70. The van der Waals surface area contributed by atoms with Crippen molar-refractivity contribution >= 4 is 40.3 Å². The second-order valence-electron chi connectivity index (χ2n) is 10.1. The molecule has 0 unspecified atom stereocenters. The number of anilines is 3. The van der Waals surface area contributed by atoms with Crippen molar-refractivity contribution < 1.29 is 19.2 Å². The van der Waals surface area contributed by atoms with E-state index in [2.05, 4.69) is 15.1 Å². The zero-order valence-corrected chi connectivity index (χ0v) is 22.6. The summed E-state index contributed by atoms with van der Waals surface area (Å²) < 4.78 is 12.0. The summed E-state index contributed by atoms with van der Waals surface area (Å²) in [7, 11) is 0. The fourth-order valence-electron chi connectivity index (χ4n) is 5.53. The number of benzene rings is 3. The van der Waals surface area contributed by atoms with Crippen LogP contribution in [0.5, 0.6) is 0 Å². The normalized spacial score (nSPS) is 22.6. The van der Waals surface area contributed by atoms with Crippen LogP contribution in [0.4, 0.5) is 22.7 Å². The average Bonchev–Trinajstić information content (AvgIpc) is 3.53. The number of nitrogens with one attached hydrogen (secondary N) is 1. The quantitative estimate of drug-likeness (QED) is 0.248. The van der Waals surface area contributed by atoms with E-state index in [1.165, 1.54) is 0 Å². The van der Waals surface area contributed by atoms with E-state index in [9.17, 15) is 14.9 Å². The highest BCUT2D eigenvalue weighted by Gasteiger charge is 2.58. The number of ether oxygens (including phenoxy) is 2. The molecular formula is C29H30ClN5O5. The molecule has 0 aromatic heterocycles. The topological polar surface area (TPSA) is 100 Å². The van der Waals surface area contributed by atoms with Crippen molar-refractivity contribution in [1.82, 2.24) is 4.90 Å². The molecule has 6 rings (SSSR count). The van der Waals surface area contributed by atoms with Crippen LogP contribution < -0.4 is 15.1 Å². The van der Waals surface area contributed by atoms with Gasteiger partial charge in [0.2, 0.25) is 0 Å². The lowest BCUT2D eigenvalue weighted by Gasteiger charge is -2.38. The van der Waals surface area contributed by atoms with Gasteiger partial charge in [0.1, 0.15) is 5.69 Å². The maximum atomic E-state index is 13.6. The molecule has 3 aromatic rings. The molecule has 2 atom stereocenters. The lowest BCUT2D eigenvalue weighted by molar-refractivity contribution is -0.384. The summed E-state index contributed by atoms with van der Waals surface area (Å²) in [6, 6.07) is 22.6. The van der Waals surface area contributed by atoms with Crippen LogP contribution in [0.1, 0.15) is 11.1 Å². The molecule has 40 heavy (non-hydrogen) atoms. The first kappa shape index (κ1) is 26.5. The van der Waals surface area contributed by atoms with Crippen LogP contribution in [0.3, 0.4) is 0 Å². The van der Waals surface area contributed by atoms with Gasteiger partial charge in [-0.2, -0.15) is 0 Å². The smallest absolute Gasteiger partial charge is 0.293 e. The molecule has 1 spiro atoms. The number of carbonyl (C=O) groups excluding carboxylic acids is 1. The summed E-state index contributed by atoms with van der Waals surface area (Å²) in [6.07, 6.45) is -0.337.